The van der Waals surface area contributed by atoms with E-state index in [0.29, 0.717) is 36.0 Å². The number of hydrogen-bond acceptors (Lipinski definition) is 4. The van der Waals surface area contributed by atoms with Crippen molar-refractivity contribution >= 4 is 17.3 Å². The molecule has 1 N–H and O–H groups in total. The zero-order valence-electron chi connectivity index (χ0n) is 13.5. The minimum absolute atomic E-state index is 0. The first-order chi connectivity index (χ1) is 11.2. The minimum Gasteiger partial charge on any atom is -1.00 e. The molecule has 0 radical (unpaired) electrons. The second-order valence-electron chi connectivity index (χ2n) is 4.61. The quantitative estimate of drug-likeness (QED) is 0.797. The molecule has 0 fully saturated rings. The molecule has 0 saturated heterocycles. The van der Waals surface area contributed by atoms with Gasteiger partial charge in [-0.1, -0.05) is 18.2 Å². The first kappa shape index (κ1) is 19.3. The van der Waals surface area contributed by atoms with Gasteiger partial charge in [0.15, 0.2) is 4.98 Å². The molecule has 7 heteroatoms. The average Bonchev–Trinajstić information content (AvgIpc) is 2.58. The van der Waals surface area contributed by atoms with Crippen molar-refractivity contribution in [2.45, 2.75) is 13.8 Å². The Hall–Kier alpha value is -2.78. The van der Waals surface area contributed by atoms with E-state index in [1.807, 2.05) is 13.0 Å². The number of nitrogens with one attached hydrogen (secondary N) is 1. The van der Waals surface area contributed by atoms with Crippen molar-refractivity contribution < 1.29 is 26.7 Å². The van der Waals surface area contributed by atoms with Gasteiger partial charge in [-0.2, -0.15) is 0 Å². The van der Waals surface area contributed by atoms with Crippen LogP contribution in [0.1, 0.15) is 24.2 Å². The zero-order chi connectivity index (χ0) is 16.7. The summed E-state index contributed by atoms with van der Waals surface area (Å²) in [5.41, 5.74) is 1.10. The van der Waals surface area contributed by atoms with E-state index in [0.717, 1.165) is 0 Å². The van der Waals surface area contributed by atoms with Crippen LogP contribution < -0.4 is 27.2 Å². The Bertz CT molecular complexity index is 730. The third-order valence-electron chi connectivity index (χ3n) is 3.03. The summed E-state index contributed by atoms with van der Waals surface area (Å²) in [6.07, 6.45) is 0. The van der Waals surface area contributed by atoms with E-state index in [9.17, 15) is 10.2 Å². The molecular weight excluding hydrogens is 330 g/mol. The van der Waals surface area contributed by atoms with Crippen LogP contribution in [0.2, 0.25) is 0 Å². The second kappa shape index (κ2) is 9.38. The Balaban J connectivity index is 0.00000288. The van der Waals surface area contributed by atoms with Crippen LogP contribution in [0.25, 0.3) is 4.98 Å². The summed E-state index contributed by atoms with van der Waals surface area (Å²) in [6, 6.07) is 12.0. The maximum atomic E-state index is 12.3. The van der Waals surface area contributed by atoms with Gasteiger partial charge in [0.25, 0.3) is 5.91 Å². The van der Waals surface area contributed by atoms with Gasteiger partial charge < -0.3 is 27.2 Å². The van der Waals surface area contributed by atoms with Crippen molar-refractivity contribution in [2.24, 2.45) is 0 Å². The molecule has 6 nitrogen and oxygen atoms in total. The summed E-state index contributed by atoms with van der Waals surface area (Å²) in [5, 5.41) is 12.0. The van der Waals surface area contributed by atoms with E-state index in [-0.39, 0.29) is 24.0 Å². The molecule has 2 aromatic carbocycles. The molecule has 24 heavy (non-hydrogen) atoms. The Morgan fingerprint density at radius 1 is 1.12 bits per heavy atom. The minimum atomic E-state index is -0.288. The summed E-state index contributed by atoms with van der Waals surface area (Å²) < 4.78 is 10.9. The summed E-state index contributed by atoms with van der Waals surface area (Å²) in [5.74, 6) is 0.485. The van der Waals surface area contributed by atoms with Gasteiger partial charge in [0.05, 0.1) is 25.0 Å². The lowest BCUT2D eigenvalue weighted by atomic mass is 10.2. The van der Waals surface area contributed by atoms with E-state index in [4.69, 9.17) is 9.47 Å². The average molecular weight is 348 g/mol. The Kier molecular flexibility index (Phi) is 7.53. The normalized spacial score (nSPS) is 9.38. The van der Waals surface area contributed by atoms with E-state index >= 15 is 0 Å². The summed E-state index contributed by atoms with van der Waals surface area (Å²) >= 11 is 0. The fourth-order valence-electron chi connectivity index (χ4n) is 2.08. The van der Waals surface area contributed by atoms with Gasteiger partial charge in [0, 0.05) is 11.6 Å². The van der Waals surface area contributed by atoms with E-state index in [1.54, 1.807) is 43.3 Å². The second-order valence-corrected chi connectivity index (χ2v) is 4.61. The smallest absolute Gasteiger partial charge is 0.432 e. The van der Waals surface area contributed by atoms with Crippen LogP contribution in [0, 0.1) is 5.39 Å². The fourth-order valence-corrected chi connectivity index (χ4v) is 2.08. The Morgan fingerprint density at radius 2 is 1.79 bits per heavy atom. The van der Waals surface area contributed by atoms with Gasteiger partial charge in [0.2, 0.25) is 11.1 Å². The molecule has 0 saturated carbocycles. The molecule has 0 atom stereocenters. The molecule has 2 aromatic rings. The third-order valence-corrected chi connectivity index (χ3v) is 3.03. The molecule has 0 unspecified atom stereocenters. The molecule has 0 aromatic heterocycles. The van der Waals surface area contributed by atoms with Gasteiger partial charge in [0.1, 0.15) is 5.75 Å². The van der Waals surface area contributed by atoms with Crippen molar-refractivity contribution in [3.63, 3.8) is 0 Å². The predicted molar refractivity (Wildman–Crippen MR) is 87.9 cm³/mol. The monoisotopic (exact) mass is 347 g/mol. The van der Waals surface area contributed by atoms with Crippen molar-refractivity contribution in [1.29, 1.82) is 5.39 Å². The number of amides is 1. The van der Waals surface area contributed by atoms with E-state index < -0.39 is 0 Å². The van der Waals surface area contributed by atoms with Crippen LogP contribution in [0.15, 0.2) is 42.5 Å². The van der Waals surface area contributed by atoms with Gasteiger partial charge in [-0.05, 0) is 26.0 Å². The van der Waals surface area contributed by atoms with Gasteiger partial charge in [-0.25, -0.2) is 0 Å². The standard InChI is InChI=1S/C17H17N3O3.ClH/c1-3-22-13-10-14(16(23-4-2)15(11-13)20-18)19-17(21)12-8-6-5-7-9-12;/h5-11H,3-4H2,1-2H3;1H. The van der Waals surface area contributed by atoms with Crippen molar-refractivity contribution in [2.75, 3.05) is 18.5 Å². The van der Waals surface area contributed by atoms with Gasteiger partial charge in [-0.15, -0.1) is 0 Å². The number of nitrogens with zero attached hydrogens (tertiary/aromatic N) is 2. The number of ether oxygens (including phenoxy) is 2. The first-order valence-corrected chi connectivity index (χ1v) is 7.34. The molecule has 0 aliphatic rings. The highest BCUT2D eigenvalue weighted by Crippen LogP contribution is 2.40. The molecule has 2 rings (SSSR count). The number of diazo groups is 1. The lowest BCUT2D eigenvalue weighted by Crippen LogP contribution is -3.00. The maximum Gasteiger partial charge on any atom is 0.432 e. The number of benzene rings is 2. The predicted octanol–water partition coefficient (Wildman–Crippen LogP) is 1.22. The highest BCUT2D eigenvalue weighted by Gasteiger charge is 2.24. The summed E-state index contributed by atoms with van der Waals surface area (Å²) in [6.45, 7) is 4.46. The summed E-state index contributed by atoms with van der Waals surface area (Å²) in [7, 11) is 0. The highest BCUT2D eigenvalue weighted by molar-refractivity contribution is 6.05. The third kappa shape index (κ3) is 4.61. The number of carbonyl (C=O) groups is 1. The van der Waals surface area contributed by atoms with Crippen LogP contribution in [0.3, 0.4) is 0 Å². The van der Waals surface area contributed by atoms with E-state index in [1.165, 1.54) is 0 Å². The molecule has 0 bridgehead atoms. The van der Waals surface area contributed by atoms with E-state index in [2.05, 4.69) is 10.3 Å². The lowest BCUT2D eigenvalue weighted by molar-refractivity contribution is -0.0000135. The number of halogens is 1. The van der Waals surface area contributed by atoms with Crippen LogP contribution in [-0.4, -0.2) is 19.1 Å². The van der Waals surface area contributed by atoms with Crippen LogP contribution in [0.4, 0.5) is 11.4 Å². The maximum absolute atomic E-state index is 12.3. The SMILES string of the molecule is CCOc1cc([N+]#N)c(OCC)c(NC(=O)c2ccccc2)c1.[Cl-]. The summed E-state index contributed by atoms with van der Waals surface area (Å²) in [4.78, 5) is 15.6. The molecule has 0 spiro atoms. The van der Waals surface area contributed by atoms with Crippen LogP contribution in [0.5, 0.6) is 11.5 Å². The molecule has 126 valence electrons. The Morgan fingerprint density at radius 3 is 2.38 bits per heavy atom. The van der Waals surface area contributed by atoms with Gasteiger partial charge >= 0.3 is 5.69 Å². The largest absolute Gasteiger partial charge is 1.00 e. The molecule has 0 aliphatic heterocycles. The highest BCUT2D eigenvalue weighted by atomic mass is 35.5. The van der Waals surface area contributed by atoms with Crippen LogP contribution in [-0.2, 0) is 0 Å². The number of anilines is 1. The van der Waals surface area contributed by atoms with Crippen molar-refractivity contribution in [1.82, 2.24) is 0 Å². The fraction of sp³-hybridized carbons (Fsp3) is 0.235. The topological polar surface area (TPSA) is 75.7 Å². The Labute approximate surface area is 146 Å². The molecule has 0 heterocycles. The lowest BCUT2D eigenvalue weighted by Gasteiger charge is -2.11. The number of carbonyl (C=O) groups excluding carboxylic acids is 1. The van der Waals surface area contributed by atoms with Crippen LogP contribution >= 0.6 is 0 Å². The van der Waals surface area contributed by atoms with Gasteiger partial charge in [-0.3, -0.25) is 4.79 Å². The first-order valence-electron chi connectivity index (χ1n) is 7.34. The number of rotatable bonds is 6. The zero-order valence-corrected chi connectivity index (χ0v) is 14.2. The molecule has 1 amide bonds. The molecular formula is C17H18ClN3O3. The van der Waals surface area contributed by atoms with Crippen molar-refractivity contribution in [3.8, 4) is 11.5 Å². The molecule has 0 aliphatic carbocycles. The number of hydrogen-bond donors (Lipinski definition) is 1. The van der Waals surface area contributed by atoms with Crippen molar-refractivity contribution in [3.05, 3.63) is 53.0 Å².